The normalized spacial score (nSPS) is 13.1. The first kappa shape index (κ1) is 13.5. The lowest BCUT2D eigenvalue weighted by atomic mass is 10.1. The van der Waals surface area contributed by atoms with Gasteiger partial charge in [-0.1, -0.05) is 43.0 Å². The van der Waals surface area contributed by atoms with Gasteiger partial charge >= 0.3 is 0 Å². The van der Waals surface area contributed by atoms with Gasteiger partial charge in [0.15, 0.2) is 0 Å². The minimum atomic E-state index is 1.04. The summed E-state index contributed by atoms with van der Waals surface area (Å²) in [6.07, 6.45) is 10.0. The van der Waals surface area contributed by atoms with E-state index in [-0.39, 0.29) is 0 Å². The second kappa shape index (κ2) is 6.88. The monoisotopic (exact) mass is 203 g/mol. The van der Waals surface area contributed by atoms with Crippen LogP contribution >= 0.6 is 0 Å². The van der Waals surface area contributed by atoms with Gasteiger partial charge in [-0.15, -0.1) is 0 Å². The van der Waals surface area contributed by atoms with Gasteiger partial charge in [-0.05, 0) is 25.0 Å². The van der Waals surface area contributed by atoms with Gasteiger partial charge in [0.05, 0.1) is 0 Å². The van der Waals surface area contributed by atoms with Crippen molar-refractivity contribution < 1.29 is 0 Å². The van der Waals surface area contributed by atoms with E-state index in [1.54, 1.807) is 0 Å². The third-order valence-corrected chi connectivity index (χ3v) is 1.81. The maximum absolute atomic E-state index is 3.84. The number of nitrogens with zero attached hydrogens (tertiary/aromatic N) is 1. The van der Waals surface area contributed by atoms with E-state index in [1.165, 1.54) is 0 Å². The first-order valence-corrected chi connectivity index (χ1v) is 5.02. The maximum Gasteiger partial charge on any atom is 0.00644 e. The van der Waals surface area contributed by atoms with Crippen molar-refractivity contribution in [3.8, 4) is 0 Å². The predicted octanol–water partition coefficient (Wildman–Crippen LogP) is 3.70. The summed E-state index contributed by atoms with van der Waals surface area (Å²) in [7, 11) is 4.00. The average molecular weight is 203 g/mol. The van der Waals surface area contributed by atoms with Crippen LogP contribution in [0.1, 0.15) is 13.8 Å². The van der Waals surface area contributed by atoms with Crippen LogP contribution < -0.4 is 0 Å². The van der Waals surface area contributed by atoms with E-state index in [9.17, 15) is 0 Å². The molecular weight excluding hydrogens is 182 g/mol. The third-order valence-electron chi connectivity index (χ3n) is 1.81. The van der Waals surface area contributed by atoms with Crippen molar-refractivity contribution >= 4 is 0 Å². The van der Waals surface area contributed by atoms with Crippen LogP contribution in [0, 0.1) is 0 Å². The highest BCUT2D eigenvalue weighted by Gasteiger charge is 1.96. The summed E-state index contributed by atoms with van der Waals surface area (Å²) < 4.78 is 0. The molecular formula is C14H21N. The Balaban J connectivity index is 4.96. The molecule has 0 N–H and O–H groups in total. The summed E-state index contributed by atoms with van der Waals surface area (Å²) in [6, 6.07) is 0. The molecule has 0 aliphatic rings. The fourth-order valence-electron chi connectivity index (χ4n) is 1.11. The van der Waals surface area contributed by atoms with E-state index < -0.39 is 0 Å². The summed E-state index contributed by atoms with van der Waals surface area (Å²) in [4.78, 5) is 2.01. The lowest BCUT2D eigenvalue weighted by Gasteiger charge is -2.09. The molecule has 1 nitrogen and oxygen atoms in total. The SMILES string of the molecule is C=CC(=C\N(C)C)/C(/C=C\C(=C)C)=C/C. The molecule has 0 heterocycles. The second-order valence-electron chi connectivity index (χ2n) is 3.68. The maximum atomic E-state index is 3.84. The molecule has 0 saturated heterocycles. The molecule has 0 saturated carbocycles. The van der Waals surface area contributed by atoms with Gasteiger partial charge in [0.2, 0.25) is 0 Å². The van der Waals surface area contributed by atoms with E-state index in [2.05, 4.69) is 25.3 Å². The Morgan fingerprint density at radius 2 is 1.73 bits per heavy atom. The summed E-state index contributed by atoms with van der Waals surface area (Å²) in [5.41, 5.74) is 3.31. The largest absolute Gasteiger partial charge is 0.383 e. The molecule has 0 atom stereocenters. The molecule has 15 heavy (non-hydrogen) atoms. The van der Waals surface area contributed by atoms with Gasteiger partial charge in [-0.3, -0.25) is 0 Å². The van der Waals surface area contributed by atoms with Crippen LogP contribution in [0.5, 0.6) is 0 Å². The third kappa shape index (κ3) is 5.74. The van der Waals surface area contributed by atoms with Crippen molar-refractivity contribution in [2.75, 3.05) is 14.1 Å². The van der Waals surface area contributed by atoms with E-state index >= 15 is 0 Å². The molecule has 0 unspecified atom stereocenters. The van der Waals surface area contributed by atoms with Crippen molar-refractivity contribution in [3.63, 3.8) is 0 Å². The highest BCUT2D eigenvalue weighted by atomic mass is 15.0. The molecule has 0 aliphatic carbocycles. The Bertz CT molecular complexity index is 314. The number of hydrogen-bond acceptors (Lipinski definition) is 1. The van der Waals surface area contributed by atoms with Crippen LogP contribution in [-0.4, -0.2) is 19.0 Å². The topological polar surface area (TPSA) is 3.24 Å². The molecule has 0 amide bonds. The molecule has 0 aromatic carbocycles. The zero-order chi connectivity index (χ0) is 11.8. The summed E-state index contributed by atoms with van der Waals surface area (Å²) in [5, 5.41) is 0. The fraction of sp³-hybridized carbons (Fsp3) is 0.286. The Morgan fingerprint density at radius 3 is 2.07 bits per heavy atom. The second-order valence-corrected chi connectivity index (χ2v) is 3.68. The predicted molar refractivity (Wildman–Crippen MR) is 69.7 cm³/mol. The lowest BCUT2D eigenvalue weighted by Crippen LogP contribution is -2.02. The molecule has 0 aromatic heterocycles. The summed E-state index contributed by atoms with van der Waals surface area (Å²) >= 11 is 0. The van der Waals surface area contributed by atoms with Crippen molar-refractivity contribution in [1.29, 1.82) is 0 Å². The van der Waals surface area contributed by atoms with Crippen LogP contribution in [0.2, 0.25) is 0 Å². The molecule has 0 radical (unpaired) electrons. The van der Waals surface area contributed by atoms with Gasteiger partial charge in [-0.2, -0.15) is 0 Å². The Labute approximate surface area is 93.8 Å². The smallest absolute Gasteiger partial charge is 0.00644 e. The first-order chi connectivity index (χ1) is 7.01. The van der Waals surface area contributed by atoms with Gasteiger partial charge < -0.3 is 4.90 Å². The van der Waals surface area contributed by atoms with Gasteiger partial charge in [-0.25, -0.2) is 0 Å². The quantitative estimate of drug-likeness (QED) is 0.616. The van der Waals surface area contributed by atoms with E-state index in [4.69, 9.17) is 0 Å². The van der Waals surface area contributed by atoms with E-state index in [0.717, 1.165) is 16.7 Å². The molecule has 82 valence electrons. The molecule has 0 spiro atoms. The minimum absolute atomic E-state index is 1.04. The van der Waals surface area contributed by atoms with Crippen LogP contribution in [0.4, 0.5) is 0 Å². The van der Waals surface area contributed by atoms with Crippen LogP contribution in [0.3, 0.4) is 0 Å². The van der Waals surface area contributed by atoms with Crippen LogP contribution in [0.15, 0.2) is 60.4 Å². The van der Waals surface area contributed by atoms with E-state index in [1.807, 2.05) is 51.2 Å². The van der Waals surface area contributed by atoms with Crippen LogP contribution in [-0.2, 0) is 0 Å². The molecule has 0 rings (SSSR count). The molecule has 0 aliphatic heterocycles. The Morgan fingerprint density at radius 1 is 1.13 bits per heavy atom. The van der Waals surface area contributed by atoms with Crippen molar-refractivity contribution in [2.24, 2.45) is 0 Å². The highest BCUT2D eigenvalue weighted by Crippen LogP contribution is 2.13. The van der Waals surface area contributed by atoms with E-state index in [0.29, 0.717) is 0 Å². The highest BCUT2D eigenvalue weighted by molar-refractivity contribution is 5.46. The van der Waals surface area contributed by atoms with Crippen molar-refractivity contribution in [1.82, 2.24) is 4.90 Å². The van der Waals surface area contributed by atoms with Gasteiger partial charge in [0.25, 0.3) is 0 Å². The zero-order valence-corrected chi connectivity index (χ0v) is 10.2. The van der Waals surface area contributed by atoms with Crippen molar-refractivity contribution in [2.45, 2.75) is 13.8 Å². The number of allylic oxidation sites excluding steroid dienone is 7. The minimum Gasteiger partial charge on any atom is -0.383 e. The first-order valence-electron chi connectivity index (χ1n) is 5.02. The molecule has 0 bridgehead atoms. The lowest BCUT2D eigenvalue weighted by molar-refractivity contribution is 0.561. The van der Waals surface area contributed by atoms with Gasteiger partial charge in [0.1, 0.15) is 0 Å². The Hall–Kier alpha value is -1.50. The van der Waals surface area contributed by atoms with Gasteiger partial charge in [0, 0.05) is 20.3 Å². The summed E-state index contributed by atoms with van der Waals surface area (Å²) in [5.74, 6) is 0. The number of rotatable bonds is 5. The molecule has 0 fully saturated rings. The average Bonchev–Trinajstić information content (AvgIpc) is 2.15. The standard InChI is InChI=1S/C14H21N/c1-7-13(10-9-12(3)4)14(8-2)11-15(5)6/h7-11H,2-3H2,1,4-6H3/b10-9-,13-7+,14-11+. The van der Waals surface area contributed by atoms with Crippen molar-refractivity contribution in [3.05, 3.63) is 60.4 Å². The molecule has 1 heteroatoms. The Kier molecular flexibility index (Phi) is 6.19. The van der Waals surface area contributed by atoms with Crippen LogP contribution in [0.25, 0.3) is 0 Å². The number of hydrogen-bond donors (Lipinski definition) is 0. The fourth-order valence-corrected chi connectivity index (χ4v) is 1.11. The summed E-state index contributed by atoms with van der Waals surface area (Å²) in [6.45, 7) is 11.7. The molecule has 0 aromatic rings. The zero-order valence-electron chi connectivity index (χ0n) is 10.2.